The smallest absolute Gasteiger partial charge is 0.132 e. The summed E-state index contributed by atoms with van der Waals surface area (Å²) in [6, 6.07) is 9.93. The SMILES string of the molecule is CC1(c2cccc(C#N)c2)CCC(=O)CC1. The molecule has 1 aliphatic carbocycles. The van der Waals surface area contributed by atoms with Crippen molar-refractivity contribution < 1.29 is 4.79 Å². The van der Waals surface area contributed by atoms with Crippen molar-refractivity contribution in [3.05, 3.63) is 35.4 Å². The van der Waals surface area contributed by atoms with E-state index in [0.717, 1.165) is 12.8 Å². The van der Waals surface area contributed by atoms with E-state index in [9.17, 15) is 4.79 Å². The first-order valence-corrected chi connectivity index (χ1v) is 5.66. The number of benzene rings is 1. The number of Topliss-reactive ketones (excluding diaryl/α,β-unsaturated/α-hetero) is 1. The van der Waals surface area contributed by atoms with Gasteiger partial charge in [0.25, 0.3) is 0 Å². The molecular formula is C14H15NO. The van der Waals surface area contributed by atoms with Crippen LogP contribution in [0.2, 0.25) is 0 Å². The Morgan fingerprint density at radius 2 is 2.00 bits per heavy atom. The molecule has 16 heavy (non-hydrogen) atoms. The highest BCUT2D eigenvalue weighted by atomic mass is 16.1. The van der Waals surface area contributed by atoms with E-state index in [1.165, 1.54) is 5.56 Å². The van der Waals surface area contributed by atoms with E-state index in [4.69, 9.17) is 5.26 Å². The maximum Gasteiger partial charge on any atom is 0.132 e. The summed E-state index contributed by atoms with van der Waals surface area (Å²) in [6.07, 6.45) is 3.15. The van der Waals surface area contributed by atoms with Crippen molar-refractivity contribution in [2.75, 3.05) is 0 Å². The van der Waals surface area contributed by atoms with Crippen LogP contribution in [0.4, 0.5) is 0 Å². The molecule has 0 unspecified atom stereocenters. The molecule has 1 saturated carbocycles. The molecule has 0 saturated heterocycles. The number of nitriles is 1. The van der Waals surface area contributed by atoms with Gasteiger partial charge in [-0.1, -0.05) is 19.1 Å². The Bertz CT molecular complexity index is 446. The fourth-order valence-electron chi connectivity index (χ4n) is 2.33. The largest absolute Gasteiger partial charge is 0.300 e. The Morgan fingerprint density at radius 1 is 1.31 bits per heavy atom. The topological polar surface area (TPSA) is 40.9 Å². The van der Waals surface area contributed by atoms with E-state index >= 15 is 0 Å². The van der Waals surface area contributed by atoms with Crippen LogP contribution >= 0.6 is 0 Å². The predicted molar refractivity (Wildman–Crippen MR) is 62.0 cm³/mol. The van der Waals surface area contributed by atoms with E-state index < -0.39 is 0 Å². The number of hydrogen-bond acceptors (Lipinski definition) is 2. The second-order valence-electron chi connectivity index (χ2n) is 4.79. The van der Waals surface area contributed by atoms with Crippen molar-refractivity contribution in [2.45, 2.75) is 38.0 Å². The molecule has 0 spiro atoms. The van der Waals surface area contributed by atoms with Gasteiger partial charge >= 0.3 is 0 Å². The molecule has 0 aliphatic heterocycles. The summed E-state index contributed by atoms with van der Waals surface area (Å²) in [5.74, 6) is 0.369. The number of carbonyl (C=O) groups excluding carboxylic acids is 1. The van der Waals surface area contributed by atoms with E-state index in [0.29, 0.717) is 24.2 Å². The number of ketones is 1. The first kappa shape index (κ1) is 10.9. The molecule has 1 aromatic carbocycles. The second-order valence-corrected chi connectivity index (χ2v) is 4.79. The lowest BCUT2D eigenvalue weighted by Gasteiger charge is -2.33. The molecule has 1 aliphatic rings. The highest BCUT2D eigenvalue weighted by Crippen LogP contribution is 2.37. The highest BCUT2D eigenvalue weighted by molar-refractivity contribution is 5.79. The second kappa shape index (κ2) is 4.09. The molecule has 2 nitrogen and oxygen atoms in total. The molecule has 0 aromatic heterocycles. The number of carbonyl (C=O) groups is 1. The van der Waals surface area contributed by atoms with E-state index in [-0.39, 0.29) is 5.41 Å². The van der Waals surface area contributed by atoms with Gasteiger partial charge in [0.2, 0.25) is 0 Å². The van der Waals surface area contributed by atoms with Crippen LogP contribution in [0.1, 0.15) is 43.7 Å². The first-order valence-electron chi connectivity index (χ1n) is 5.66. The summed E-state index contributed by atoms with van der Waals surface area (Å²) in [4.78, 5) is 11.3. The summed E-state index contributed by atoms with van der Waals surface area (Å²) in [5.41, 5.74) is 1.97. The van der Waals surface area contributed by atoms with E-state index in [1.54, 1.807) is 0 Å². The summed E-state index contributed by atoms with van der Waals surface area (Å²) in [6.45, 7) is 2.19. The van der Waals surface area contributed by atoms with Gasteiger partial charge in [-0.05, 0) is 36.0 Å². The molecule has 1 aromatic rings. The number of rotatable bonds is 1. The lowest BCUT2D eigenvalue weighted by Crippen LogP contribution is -2.28. The zero-order valence-electron chi connectivity index (χ0n) is 9.49. The van der Waals surface area contributed by atoms with Crippen LogP contribution in [-0.4, -0.2) is 5.78 Å². The predicted octanol–water partition coefficient (Wildman–Crippen LogP) is 2.96. The Hall–Kier alpha value is -1.62. The zero-order valence-corrected chi connectivity index (χ0v) is 9.49. The van der Waals surface area contributed by atoms with Crippen LogP contribution in [0.5, 0.6) is 0 Å². The highest BCUT2D eigenvalue weighted by Gasteiger charge is 2.31. The molecule has 2 heteroatoms. The average molecular weight is 213 g/mol. The minimum absolute atomic E-state index is 0.0702. The summed E-state index contributed by atoms with van der Waals surface area (Å²) < 4.78 is 0. The van der Waals surface area contributed by atoms with Crippen molar-refractivity contribution >= 4 is 5.78 Å². The lowest BCUT2D eigenvalue weighted by molar-refractivity contribution is -0.121. The minimum Gasteiger partial charge on any atom is -0.300 e. The minimum atomic E-state index is 0.0702. The Morgan fingerprint density at radius 3 is 2.62 bits per heavy atom. The Balaban J connectivity index is 2.29. The molecule has 0 N–H and O–H groups in total. The van der Waals surface area contributed by atoms with Crippen molar-refractivity contribution in [2.24, 2.45) is 0 Å². The van der Waals surface area contributed by atoms with E-state index in [1.807, 2.05) is 18.2 Å². The monoisotopic (exact) mass is 213 g/mol. The lowest BCUT2D eigenvalue weighted by atomic mass is 9.70. The van der Waals surface area contributed by atoms with E-state index in [2.05, 4.69) is 19.1 Å². The maximum absolute atomic E-state index is 11.3. The van der Waals surface area contributed by atoms with Crippen LogP contribution in [0.15, 0.2) is 24.3 Å². The molecule has 82 valence electrons. The van der Waals surface area contributed by atoms with Gasteiger partial charge < -0.3 is 0 Å². The van der Waals surface area contributed by atoms with Gasteiger partial charge in [0.05, 0.1) is 11.6 Å². The third-order valence-electron chi connectivity index (χ3n) is 3.60. The van der Waals surface area contributed by atoms with Gasteiger partial charge in [-0.3, -0.25) is 4.79 Å². The third-order valence-corrected chi connectivity index (χ3v) is 3.60. The molecule has 1 fully saturated rings. The van der Waals surface area contributed by atoms with Gasteiger partial charge in [0.1, 0.15) is 5.78 Å². The molecule has 0 heterocycles. The molecule has 0 radical (unpaired) electrons. The van der Waals surface area contributed by atoms with Crippen molar-refractivity contribution in [3.8, 4) is 6.07 Å². The Kier molecular flexibility index (Phi) is 2.78. The summed E-state index contributed by atoms with van der Waals surface area (Å²) in [7, 11) is 0. The molecule has 0 amide bonds. The number of nitrogens with zero attached hydrogens (tertiary/aromatic N) is 1. The van der Waals surface area contributed by atoms with Gasteiger partial charge in [0.15, 0.2) is 0 Å². The molecule has 0 bridgehead atoms. The maximum atomic E-state index is 11.3. The molecule has 0 atom stereocenters. The summed E-state index contributed by atoms with van der Waals surface area (Å²) in [5, 5.41) is 8.88. The average Bonchev–Trinajstić information content (AvgIpc) is 2.33. The first-order chi connectivity index (χ1) is 7.64. The van der Waals surface area contributed by atoms with Crippen LogP contribution < -0.4 is 0 Å². The standard InChI is InChI=1S/C14H15NO/c1-14(7-5-13(16)6-8-14)12-4-2-3-11(9-12)10-15/h2-4,9H,5-8H2,1H3. The van der Waals surface area contributed by atoms with Gasteiger partial charge in [0, 0.05) is 12.8 Å². The van der Waals surface area contributed by atoms with Crippen LogP contribution in [0.25, 0.3) is 0 Å². The van der Waals surface area contributed by atoms with Gasteiger partial charge in [-0.2, -0.15) is 5.26 Å². The van der Waals surface area contributed by atoms with Crippen molar-refractivity contribution in [3.63, 3.8) is 0 Å². The zero-order chi connectivity index (χ0) is 11.6. The normalized spacial score (nSPS) is 19.1. The van der Waals surface area contributed by atoms with Crippen molar-refractivity contribution in [1.29, 1.82) is 5.26 Å². The fraction of sp³-hybridized carbons (Fsp3) is 0.429. The molecular weight excluding hydrogens is 198 g/mol. The molecule has 2 rings (SSSR count). The van der Waals surface area contributed by atoms with Gasteiger partial charge in [-0.15, -0.1) is 0 Å². The van der Waals surface area contributed by atoms with Crippen LogP contribution in [0, 0.1) is 11.3 Å². The van der Waals surface area contributed by atoms with Crippen LogP contribution in [-0.2, 0) is 10.2 Å². The summed E-state index contributed by atoms with van der Waals surface area (Å²) >= 11 is 0. The quantitative estimate of drug-likeness (QED) is 0.719. The fourth-order valence-corrected chi connectivity index (χ4v) is 2.33. The number of hydrogen-bond donors (Lipinski definition) is 0. The van der Waals surface area contributed by atoms with Gasteiger partial charge in [-0.25, -0.2) is 0 Å². The van der Waals surface area contributed by atoms with Crippen LogP contribution in [0.3, 0.4) is 0 Å². The third kappa shape index (κ3) is 1.99. The van der Waals surface area contributed by atoms with Crippen molar-refractivity contribution in [1.82, 2.24) is 0 Å². The Labute approximate surface area is 95.9 Å².